The molecule has 0 amide bonds. The number of anilines is 3. The molecule has 2 atom stereocenters. The fraction of sp³-hybridized carbons (Fsp3) is 0.750. The number of nitrogen functional groups attached to an aromatic ring is 1. The van der Waals surface area contributed by atoms with E-state index in [2.05, 4.69) is 32.2 Å². The van der Waals surface area contributed by atoms with Crippen LogP contribution in [0.4, 0.5) is 17.8 Å². The number of nitrogens with two attached hydrogens (primary N) is 1. The topological polar surface area (TPSA) is 92.4 Å². The third-order valence-corrected chi connectivity index (χ3v) is 3.56. The molecule has 112 valence electrons. The molecule has 1 fully saturated rings. The zero-order chi connectivity index (χ0) is 14.7. The van der Waals surface area contributed by atoms with E-state index >= 15 is 0 Å². The number of hydrogen-bond donors (Lipinski definition) is 2. The molecule has 2 heterocycles. The molecule has 1 saturated heterocycles. The van der Waals surface area contributed by atoms with E-state index in [1.165, 1.54) is 0 Å². The predicted molar refractivity (Wildman–Crippen MR) is 78.8 cm³/mol. The fourth-order valence-electron chi connectivity index (χ4n) is 2.39. The van der Waals surface area contributed by atoms with Gasteiger partial charge in [-0.25, -0.2) is 5.84 Å². The third-order valence-electron chi connectivity index (χ3n) is 3.56. The van der Waals surface area contributed by atoms with Crippen LogP contribution in [0.3, 0.4) is 0 Å². The van der Waals surface area contributed by atoms with Crippen molar-refractivity contribution in [3.05, 3.63) is 0 Å². The molecular weight excluding hydrogens is 258 g/mol. The van der Waals surface area contributed by atoms with Gasteiger partial charge in [-0.2, -0.15) is 15.0 Å². The maximum Gasteiger partial charge on any atom is 0.243 e. The first-order chi connectivity index (χ1) is 9.55. The third kappa shape index (κ3) is 3.07. The summed E-state index contributed by atoms with van der Waals surface area (Å²) in [6.07, 6.45) is 2.24. The van der Waals surface area contributed by atoms with Crippen molar-refractivity contribution >= 4 is 17.8 Å². The highest BCUT2D eigenvalue weighted by atomic mass is 16.5. The van der Waals surface area contributed by atoms with Gasteiger partial charge in [0.1, 0.15) is 0 Å². The Hall–Kier alpha value is -1.67. The molecule has 0 aromatic carbocycles. The molecule has 2 rings (SSSR count). The van der Waals surface area contributed by atoms with Crippen LogP contribution < -0.4 is 21.1 Å². The Morgan fingerprint density at radius 1 is 1.35 bits per heavy atom. The van der Waals surface area contributed by atoms with E-state index in [1.807, 2.05) is 19.0 Å². The maximum atomic E-state index is 5.44. The van der Waals surface area contributed by atoms with Crippen LogP contribution in [-0.4, -0.2) is 54.8 Å². The molecule has 0 aliphatic carbocycles. The second kappa shape index (κ2) is 6.19. The molecule has 1 aromatic heterocycles. The van der Waals surface area contributed by atoms with Crippen LogP contribution >= 0.6 is 0 Å². The van der Waals surface area contributed by atoms with Crippen LogP contribution in [0.2, 0.25) is 0 Å². The Morgan fingerprint density at radius 2 is 2.10 bits per heavy atom. The SMILES string of the molecule is COC1CCN(c2nc(NN)nc(N(C)C)n2)C(C)C1. The Morgan fingerprint density at radius 3 is 2.65 bits per heavy atom. The summed E-state index contributed by atoms with van der Waals surface area (Å²) in [4.78, 5) is 17.1. The van der Waals surface area contributed by atoms with Gasteiger partial charge >= 0.3 is 0 Å². The molecule has 8 heteroatoms. The van der Waals surface area contributed by atoms with Crippen LogP contribution in [0.5, 0.6) is 0 Å². The molecule has 2 unspecified atom stereocenters. The highest BCUT2D eigenvalue weighted by Gasteiger charge is 2.27. The van der Waals surface area contributed by atoms with Crippen molar-refractivity contribution in [2.75, 3.05) is 43.0 Å². The summed E-state index contributed by atoms with van der Waals surface area (Å²) in [6, 6.07) is 0.316. The number of nitrogens with zero attached hydrogens (tertiary/aromatic N) is 5. The summed E-state index contributed by atoms with van der Waals surface area (Å²) >= 11 is 0. The van der Waals surface area contributed by atoms with Gasteiger partial charge in [0.05, 0.1) is 6.10 Å². The standard InChI is InChI=1S/C12H23N7O/c1-8-7-9(20-4)5-6-19(8)12-15-10(17-13)14-11(16-12)18(2)3/h8-9H,5-7,13H2,1-4H3,(H,14,15,16,17). The maximum absolute atomic E-state index is 5.44. The highest BCUT2D eigenvalue weighted by Crippen LogP contribution is 2.24. The predicted octanol–water partition coefficient (Wildman–Crippen LogP) is 0.227. The van der Waals surface area contributed by atoms with Crippen LogP contribution in [0.25, 0.3) is 0 Å². The van der Waals surface area contributed by atoms with Gasteiger partial charge in [-0.3, -0.25) is 5.43 Å². The smallest absolute Gasteiger partial charge is 0.243 e. The summed E-state index contributed by atoms with van der Waals surface area (Å²) in [6.45, 7) is 3.01. The summed E-state index contributed by atoms with van der Waals surface area (Å²) < 4.78 is 5.43. The van der Waals surface area contributed by atoms with Crippen molar-refractivity contribution in [1.82, 2.24) is 15.0 Å². The van der Waals surface area contributed by atoms with Gasteiger partial charge in [-0.05, 0) is 19.8 Å². The molecule has 1 aliphatic rings. The minimum Gasteiger partial charge on any atom is -0.381 e. The lowest BCUT2D eigenvalue weighted by molar-refractivity contribution is 0.0718. The number of ether oxygens (including phenoxy) is 1. The summed E-state index contributed by atoms with van der Waals surface area (Å²) in [5.41, 5.74) is 2.50. The average molecular weight is 281 g/mol. The monoisotopic (exact) mass is 281 g/mol. The van der Waals surface area contributed by atoms with Crippen LogP contribution in [0.15, 0.2) is 0 Å². The number of methoxy groups -OCH3 is 1. The molecule has 3 N–H and O–H groups in total. The lowest BCUT2D eigenvalue weighted by Gasteiger charge is -2.37. The van der Waals surface area contributed by atoms with E-state index in [9.17, 15) is 0 Å². The van der Waals surface area contributed by atoms with Gasteiger partial charge in [0.2, 0.25) is 17.8 Å². The van der Waals surface area contributed by atoms with E-state index in [0.717, 1.165) is 19.4 Å². The number of piperidine rings is 1. The van der Waals surface area contributed by atoms with Gasteiger partial charge < -0.3 is 14.5 Å². The lowest BCUT2D eigenvalue weighted by atomic mass is 10.0. The zero-order valence-corrected chi connectivity index (χ0v) is 12.5. The summed E-state index contributed by atoms with van der Waals surface area (Å²) in [5.74, 6) is 7.05. The average Bonchev–Trinajstić information content (AvgIpc) is 2.46. The first-order valence-corrected chi connectivity index (χ1v) is 6.74. The van der Waals surface area contributed by atoms with Crippen LogP contribution in [0.1, 0.15) is 19.8 Å². The first-order valence-electron chi connectivity index (χ1n) is 6.74. The van der Waals surface area contributed by atoms with Gasteiger partial charge in [-0.15, -0.1) is 0 Å². The Labute approximate surface area is 119 Å². The lowest BCUT2D eigenvalue weighted by Crippen LogP contribution is -2.44. The minimum absolute atomic E-state index is 0.309. The van der Waals surface area contributed by atoms with Crippen molar-refractivity contribution in [3.8, 4) is 0 Å². The van der Waals surface area contributed by atoms with Crippen LogP contribution in [-0.2, 0) is 4.74 Å². The first kappa shape index (κ1) is 14.7. The second-order valence-corrected chi connectivity index (χ2v) is 5.22. The number of aromatic nitrogens is 3. The molecule has 1 aromatic rings. The van der Waals surface area contributed by atoms with Gasteiger partial charge in [-0.1, -0.05) is 0 Å². The van der Waals surface area contributed by atoms with Crippen LogP contribution in [0, 0.1) is 0 Å². The molecule has 0 saturated carbocycles. The van der Waals surface area contributed by atoms with E-state index in [4.69, 9.17) is 10.6 Å². The van der Waals surface area contributed by atoms with Crippen molar-refractivity contribution < 1.29 is 4.74 Å². The molecule has 8 nitrogen and oxygen atoms in total. The number of rotatable bonds is 4. The van der Waals surface area contributed by atoms with Crippen molar-refractivity contribution in [3.63, 3.8) is 0 Å². The minimum atomic E-state index is 0.309. The molecule has 0 radical (unpaired) electrons. The summed E-state index contributed by atoms with van der Waals surface area (Å²) in [5, 5.41) is 0. The Kier molecular flexibility index (Phi) is 4.56. The van der Waals surface area contributed by atoms with Gasteiger partial charge in [0.25, 0.3) is 0 Å². The largest absolute Gasteiger partial charge is 0.381 e. The normalized spacial score (nSPS) is 22.8. The molecule has 20 heavy (non-hydrogen) atoms. The number of nitrogens with one attached hydrogen (secondary N) is 1. The highest BCUT2D eigenvalue weighted by molar-refractivity contribution is 5.45. The molecular formula is C12H23N7O. The van der Waals surface area contributed by atoms with Crippen molar-refractivity contribution in [1.29, 1.82) is 0 Å². The second-order valence-electron chi connectivity index (χ2n) is 5.22. The molecule has 0 spiro atoms. The zero-order valence-electron chi connectivity index (χ0n) is 12.5. The summed E-state index contributed by atoms with van der Waals surface area (Å²) in [7, 11) is 5.54. The number of hydrogen-bond acceptors (Lipinski definition) is 8. The van der Waals surface area contributed by atoms with Gasteiger partial charge in [0.15, 0.2) is 0 Å². The van der Waals surface area contributed by atoms with E-state index in [1.54, 1.807) is 7.11 Å². The number of hydrazine groups is 1. The van der Waals surface area contributed by atoms with E-state index in [0.29, 0.717) is 30.0 Å². The van der Waals surface area contributed by atoms with Crippen molar-refractivity contribution in [2.45, 2.75) is 31.9 Å². The quantitative estimate of drug-likeness (QED) is 0.598. The molecule has 1 aliphatic heterocycles. The van der Waals surface area contributed by atoms with E-state index < -0.39 is 0 Å². The molecule has 0 bridgehead atoms. The fourth-order valence-corrected chi connectivity index (χ4v) is 2.39. The Bertz CT molecular complexity index is 453. The van der Waals surface area contributed by atoms with Crippen molar-refractivity contribution in [2.24, 2.45) is 5.84 Å². The van der Waals surface area contributed by atoms with E-state index in [-0.39, 0.29) is 0 Å². The van der Waals surface area contributed by atoms with Gasteiger partial charge in [0, 0.05) is 33.8 Å². The Balaban J connectivity index is 2.25.